The molecule has 0 fully saturated rings. The van der Waals surface area contributed by atoms with Gasteiger partial charge in [0.05, 0.1) is 38.5 Å². The number of aromatic nitrogens is 1. The third-order valence-electron chi connectivity index (χ3n) is 5.93. The van der Waals surface area contributed by atoms with E-state index in [1.807, 2.05) is 25.1 Å². The number of hydrogen-bond donors (Lipinski definition) is 1. The molecule has 1 aromatic heterocycles. The van der Waals surface area contributed by atoms with E-state index in [1.165, 1.54) is 14.2 Å². The Hall–Kier alpha value is -4.07. The molecule has 176 valence electrons. The van der Waals surface area contributed by atoms with Crippen molar-refractivity contribution in [3.8, 4) is 17.2 Å². The minimum Gasteiger partial charge on any atom is -0.493 e. The molecule has 34 heavy (non-hydrogen) atoms. The predicted molar refractivity (Wildman–Crippen MR) is 128 cm³/mol. The number of carbonyl (C=O) groups is 2. The lowest BCUT2D eigenvalue weighted by Gasteiger charge is -2.40. The van der Waals surface area contributed by atoms with Gasteiger partial charge in [-0.1, -0.05) is 18.2 Å². The number of nitrogens with one attached hydrogen (secondary N) is 1. The van der Waals surface area contributed by atoms with Gasteiger partial charge in [-0.15, -0.1) is 0 Å². The van der Waals surface area contributed by atoms with Crippen molar-refractivity contribution in [1.29, 1.82) is 0 Å². The SMILES string of the molecule is CCOc1ccccc1NC(=O)[C@H]1c2cc(OC)c(OC)cc2C(=O)N(C)[C@@H]1c1cccnc1. The van der Waals surface area contributed by atoms with Crippen LogP contribution < -0.4 is 19.5 Å². The Bertz CT molecular complexity index is 1200. The van der Waals surface area contributed by atoms with Crippen LogP contribution in [0.3, 0.4) is 0 Å². The first-order chi connectivity index (χ1) is 16.5. The Morgan fingerprint density at radius 3 is 2.47 bits per heavy atom. The van der Waals surface area contributed by atoms with Crippen molar-refractivity contribution in [2.75, 3.05) is 33.2 Å². The number of amides is 2. The molecule has 2 aromatic carbocycles. The van der Waals surface area contributed by atoms with E-state index in [1.54, 1.807) is 54.7 Å². The van der Waals surface area contributed by atoms with Crippen molar-refractivity contribution < 1.29 is 23.8 Å². The summed E-state index contributed by atoms with van der Waals surface area (Å²) in [6.07, 6.45) is 3.33. The second kappa shape index (κ2) is 9.82. The van der Waals surface area contributed by atoms with Gasteiger partial charge in [-0.25, -0.2) is 0 Å². The van der Waals surface area contributed by atoms with E-state index in [-0.39, 0.29) is 11.8 Å². The zero-order valence-corrected chi connectivity index (χ0v) is 19.6. The van der Waals surface area contributed by atoms with Gasteiger partial charge >= 0.3 is 0 Å². The minimum atomic E-state index is -0.739. The fourth-order valence-electron chi connectivity index (χ4n) is 4.36. The molecule has 8 nitrogen and oxygen atoms in total. The van der Waals surface area contributed by atoms with Crippen LogP contribution in [-0.4, -0.2) is 49.6 Å². The Morgan fingerprint density at radius 2 is 1.79 bits per heavy atom. The van der Waals surface area contributed by atoms with E-state index in [2.05, 4.69) is 10.3 Å². The van der Waals surface area contributed by atoms with Crippen LogP contribution in [0.2, 0.25) is 0 Å². The van der Waals surface area contributed by atoms with Crippen LogP contribution in [-0.2, 0) is 4.79 Å². The highest BCUT2D eigenvalue weighted by Crippen LogP contribution is 2.46. The van der Waals surface area contributed by atoms with E-state index in [0.29, 0.717) is 40.7 Å². The Balaban J connectivity index is 1.86. The van der Waals surface area contributed by atoms with Crippen LogP contribution in [0.15, 0.2) is 60.9 Å². The zero-order chi connectivity index (χ0) is 24.2. The van der Waals surface area contributed by atoms with E-state index in [4.69, 9.17) is 14.2 Å². The maximum atomic E-state index is 13.9. The zero-order valence-electron chi connectivity index (χ0n) is 19.6. The van der Waals surface area contributed by atoms with Crippen molar-refractivity contribution in [1.82, 2.24) is 9.88 Å². The number of likely N-dealkylation sites (N-methyl/N-ethyl adjacent to an activating group) is 1. The van der Waals surface area contributed by atoms with Crippen molar-refractivity contribution in [2.45, 2.75) is 18.9 Å². The molecule has 2 heterocycles. The minimum absolute atomic E-state index is 0.219. The van der Waals surface area contributed by atoms with E-state index in [9.17, 15) is 9.59 Å². The van der Waals surface area contributed by atoms with E-state index in [0.717, 1.165) is 5.56 Å². The number of benzene rings is 2. The summed E-state index contributed by atoms with van der Waals surface area (Å²) in [5, 5.41) is 3.01. The number of fused-ring (bicyclic) bond motifs is 1. The number of nitrogens with zero attached hydrogens (tertiary/aromatic N) is 2. The monoisotopic (exact) mass is 461 g/mol. The van der Waals surface area contributed by atoms with Crippen molar-refractivity contribution in [3.63, 3.8) is 0 Å². The largest absolute Gasteiger partial charge is 0.493 e. The van der Waals surface area contributed by atoms with Gasteiger partial charge in [0.1, 0.15) is 5.75 Å². The van der Waals surface area contributed by atoms with Gasteiger partial charge in [-0.05, 0) is 48.4 Å². The third-order valence-corrected chi connectivity index (χ3v) is 5.93. The Kier molecular flexibility index (Phi) is 6.67. The molecule has 0 unspecified atom stereocenters. The Labute approximate surface area is 198 Å². The van der Waals surface area contributed by atoms with E-state index >= 15 is 0 Å². The topological polar surface area (TPSA) is 90.0 Å². The quantitative estimate of drug-likeness (QED) is 0.571. The molecule has 0 bridgehead atoms. The maximum Gasteiger partial charge on any atom is 0.254 e. The van der Waals surface area contributed by atoms with Gasteiger partial charge in [-0.3, -0.25) is 14.6 Å². The summed E-state index contributed by atoms with van der Waals surface area (Å²) in [5.74, 6) is 0.192. The number of hydrogen-bond acceptors (Lipinski definition) is 6. The summed E-state index contributed by atoms with van der Waals surface area (Å²) >= 11 is 0. The average molecular weight is 462 g/mol. The van der Waals surface area contributed by atoms with Crippen LogP contribution in [0.5, 0.6) is 17.2 Å². The summed E-state index contributed by atoms with van der Waals surface area (Å²) in [7, 11) is 4.72. The number of rotatable bonds is 7. The fourth-order valence-corrected chi connectivity index (χ4v) is 4.36. The molecule has 1 aliphatic heterocycles. The first-order valence-corrected chi connectivity index (χ1v) is 11.0. The second-order valence-corrected chi connectivity index (χ2v) is 7.84. The van der Waals surface area contributed by atoms with Crippen molar-refractivity contribution in [3.05, 3.63) is 77.6 Å². The Morgan fingerprint density at radius 1 is 1.06 bits per heavy atom. The first kappa shape index (κ1) is 23.1. The van der Waals surface area contributed by atoms with E-state index < -0.39 is 12.0 Å². The molecule has 1 aliphatic rings. The van der Waals surface area contributed by atoms with Crippen LogP contribution in [0.4, 0.5) is 5.69 Å². The van der Waals surface area contributed by atoms with Gasteiger partial charge in [-0.2, -0.15) is 0 Å². The summed E-state index contributed by atoms with van der Waals surface area (Å²) in [6.45, 7) is 2.35. The maximum absolute atomic E-state index is 13.9. The highest BCUT2D eigenvalue weighted by atomic mass is 16.5. The highest BCUT2D eigenvalue weighted by molar-refractivity contribution is 6.05. The molecule has 0 spiro atoms. The number of pyridine rings is 1. The van der Waals surface area contributed by atoms with Gasteiger partial charge in [0, 0.05) is 25.0 Å². The molecule has 0 saturated heterocycles. The molecule has 0 saturated carbocycles. The molecular weight excluding hydrogens is 434 g/mol. The lowest BCUT2D eigenvalue weighted by molar-refractivity contribution is -0.119. The van der Waals surface area contributed by atoms with Gasteiger partial charge < -0.3 is 24.4 Å². The summed E-state index contributed by atoms with van der Waals surface area (Å²) in [5.41, 5.74) is 2.25. The molecule has 0 aliphatic carbocycles. The molecule has 8 heteroatoms. The van der Waals surface area contributed by atoms with Crippen molar-refractivity contribution in [2.24, 2.45) is 0 Å². The number of methoxy groups -OCH3 is 2. The average Bonchev–Trinajstić information content (AvgIpc) is 2.87. The normalized spacial score (nSPS) is 17.1. The molecule has 0 radical (unpaired) electrons. The van der Waals surface area contributed by atoms with Gasteiger partial charge in [0.15, 0.2) is 11.5 Å². The number of anilines is 1. The van der Waals surface area contributed by atoms with Crippen LogP contribution >= 0.6 is 0 Å². The number of para-hydroxylation sites is 2. The third kappa shape index (κ3) is 4.14. The van der Waals surface area contributed by atoms with Gasteiger partial charge in [0.2, 0.25) is 5.91 Å². The molecule has 2 atom stereocenters. The summed E-state index contributed by atoms with van der Waals surface area (Å²) in [6, 6.07) is 13.7. The first-order valence-electron chi connectivity index (χ1n) is 11.0. The summed E-state index contributed by atoms with van der Waals surface area (Å²) in [4.78, 5) is 33.1. The lowest BCUT2D eigenvalue weighted by atomic mass is 9.79. The van der Waals surface area contributed by atoms with Crippen LogP contribution in [0.25, 0.3) is 0 Å². The molecule has 2 amide bonds. The van der Waals surface area contributed by atoms with Gasteiger partial charge in [0.25, 0.3) is 5.91 Å². The standard InChI is InChI=1S/C26H27N3O5/c1-5-34-20-11-7-6-10-19(20)28-25(30)23-17-13-21(32-3)22(33-4)14-18(17)26(31)29(2)24(23)16-9-8-12-27-15-16/h6-15,23-24H,5H2,1-4H3,(H,28,30)/t23-,24+/m0/s1. The number of carbonyl (C=O) groups excluding carboxylic acids is 2. The highest BCUT2D eigenvalue weighted by Gasteiger charge is 2.43. The number of ether oxygens (including phenoxy) is 3. The molecule has 1 N–H and O–H groups in total. The predicted octanol–water partition coefficient (Wildman–Crippen LogP) is 4.05. The summed E-state index contributed by atoms with van der Waals surface area (Å²) < 4.78 is 16.6. The van der Waals surface area contributed by atoms with Crippen LogP contribution in [0, 0.1) is 0 Å². The second-order valence-electron chi connectivity index (χ2n) is 7.84. The molecule has 3 aromatic rings. The molecular formula is C26H27N3O5. The lowest BCUT2D eigenvalue weighted by Crippen LogP contribution is -2.44. The van der Waals surface area contributed by atoms with Crippen molar-refractivity contribution >= 4 is 17.5 Å². The molecule has 4 rings (SSSR count). The smallest absolute Gasteiger partial charge is 0.254 e. The van der Waals surface area contributed by atoms with Crippen LogP contribution in [0.1, 0.15) is 40.4 Å². The fraction of sp³-hybridized carbons (Fsp3) is 0.269.